The normalized spacial score (nSPS) is 11.0. The topological polar surface area (TPSA) is 113 Å². The first-order valence-electron chi connectivity index (χ1n) is 6.04. The lowest BCUT2D eigenvalue weighted by atomic mass is 10.2. The standard InChI is InChI=1S/C12H12N4O5/c1-3-15-7-9(6-13-21-8(2)17)12(14-15)10-4-5-11(20-10)16(18)19/h4-7H,3H2,1-2H3/b13-6+. The number of rotatable bonds is 5. The molecule has 0 radical (unpaired) electrons. The molecule has 0 spiro atoms. The highest BCUT2D eigenvalue weighted by molar-refractivity contribution is 5.87. The lowest BCUT2D eigenvalue weighted by Crippen LogP contribution is -1.93. The van der Waals surface area contributed by atoms with Crippen molar-refractivity contribution in [1.82, 2.24) is 9.78 Å². The molecule has 2 heterocycles. The third-order valence-electron chi connectivity index (χ3n) is 2.49. The SMILES string of the molecule is CCn1cc(/C=N/OC(C)=O)c(-c2ccc([N+](=O)[O-])o2)n1. The van der Waals surface area contributed by atoms with Gasteiger partial charge < -0.3 is 9.25 Å². The van der Waals surface area contributed by atoms with Gasteiger partial charge >= 0.3 is 11.9 Å². The summed E-state index contributed by atoms with van der Waals surface area (Å²) in [5.41, 5.74) is 0.892. The smallest absolute Gasteiger partial charge is 0.399 e. The zero-order valence-corrected chi connectivity index (χ0v) is 11.3. The molecular weight excluding hydrogens is 280 g/mol. The summed E-state index contributed by atoms with van der Waals surface area (Å²) in [6.07, 6.45) is 2.96. The van der Waals surface area contributed by atoms with E-state index < -0.39 is 10.9 Å². The Morgan fingerprint density at radius 1 is 1.62 bits per heavy atom. The number of carbonyl (C=O) groups is 1. The summed E-state index contributed by atoms with van der Waals surface area (Å²) in [5.74, 6) is -0.693. The van der Waals surface area contributed by atoms with E-state index in [0.29, 0.717) is 17.8 Å². The highest BCUT2D eigenvalue weighted by Gasteiger charge is 2.18. The van der Waals surface area contributed by atoms with Gasteiger partial charge in [-0.25, -0.2) is 4.79 Å². The van der Waals surface area contributed by atoms with Gasteiger partial charge in [0.25, 0.3) is 0 Å². The van der Waals surface area contributed by atoms with Crippen LogP contribution >= 0.6 is 0 Å². The van der Waals surface area contributed by atoms with Crippen LogP contribution < -0.4 is 0 Å². The van der Waals surface area contributed by atoms with Gasteiger partial charge in [-0.05, 0) is 13.0 Å². The van der Waals surface area contributed by atoms with Crippen molar-refractivity contribution in [2.24, 2.45) is 5.16 Å². The lowest BCUT2D eigenvalue weighted by Gasteiger charge is -1.93. The third kappa shape index (κ3) is 3.32. The van der Waals surface area contributed by atoms with E-state index in [-0.39, 0.29) is 11.6 Å². The molecule has 0 aliphatic carbocycles. The summed E-state index contributed by atoms with van der Waals surface area (Å²) in [4.78, 5) is 25.2. The van der Waals surface area contributed by atoms with Crippen LogP contribution in [0.25, 0.3) is 11.5 Å². The second-order valence-corrected chi connectivity index (χ2v) is 4.00. The van der Waals surface area contributed by atoms with Crippen molar-refractivity contribution in [2.75, 3.05) is 0 Å². The zero-order valence-electron chi connectivity index (χ0n) is 11.3. The minimum atomic E-state index is -0.632. The van der Waals surface area contributed by atoms with E-state index in [1.54, 1.807) is 10.9 Å². The Morgan fingerprint density at radius 2 is 2.38 bits per heavy atom. The Labute approximate surface area is 118 Å². The highest BCUT2D eigenvalue weighted by atomic mass is 16.7. The predicted octanol–water partition coefficient (Wildman–Crippen LogP) is 1.97. The maximum Gasteiger partial charge on any atom is 0.433 e. The number of hydrogen-bond donors (Lipinski definition) is 0. The van der Waals surface area contributed by atoms with Crippen LogP contribution in [0.4, 0.5) is 5.88 Å². The Kier molecular flexibility index (Phi) is 4.12. The number of furan rings is 1. The van der Waals surface area contributed by atoms with Crippen LogP contribution in [0.1, 0.15) is 19.4 Å². The molecule has 2 rings (SSSR count). The fourth-order valence-electron chi connectivity index (χ4n) is 1.60. The van der Waals surface area contributed by atoms with E-state index in [2.05, 4.69) is 15.1 Å². The first-order chi connectivity index (χ1) is 10.0. The van der Waals surface area contributed by atoms with E-state index in [4.69, 9.17) is 4.42 Å². The molecule has 0 aliphatic heterocycles. The summed E-state index contributed by atoms with van der Waals surface area (Å²) in [6, 6.07) is 2.69. The van der Waals surface area contributed by atoms with Crippen LogP contribution in [0.5, 0.6) is 0 Å². The largest absolute Gasteiger partial charge is 0.433 e. The minimum Gasteiger partial charge on any atom is -0.399 e. The van der Waals surface area contributed by atoms with E-state index in [1.807, 2.05) is 6.92 Å². The van der Waals surface area contributed by atoms with Gasteiger partial charge in [-0.1, -0.05) is 5.16 Å². The molecule has 0 saturated heterocycles. The second-order valence-electron chi connectivity index (χ2n) is 4.00. The van der Waals surface area contributed by atoms with Gasteiger partial charge in [0.1, 0.15) is 10.6 Å². The molecule has 0 amide bonds. The highest BCUT2D eigenvalue weighted by Crippen LogP contribution is 2.26. The Balaban J connectivity index is 2.36. The number of oxime groups is 1. The summed E-state index contributed by atoms with van der Waals surface area (Å²) in [6.45, 7) is 3.70. The number of nitro groups is 1. The molecule has 0 fully saturated rings. The lowest BCUT2D eigenvalue weighted by molar-refractivity contribution is -0.401. The van der Waals surface area contributed by atoms with E-state index in [0.717, 1.165) is 0 Å². The number of nitrogens with zero attached hydrogens (tertiary/aromatic N) is 4. The molecule has 2 aromatic rings. The molecule has 0 aromatic carbocycles. The van der Waals surface area contributed by atoms with Crippen molar-refractivity contribution in [3.63, 3.8) is 0 Å². The van der Waals surface area contributed by atoms with E-state index >= 15 is 0 Å². The maximum atomic E-state index is 10.7. The molecule has 0 aliphatic rings. The van der Waals surface area contributed by atoms with Crippen molar-refractivity contribution in [3.8, 4) is 11.5 Å². The summed E-state index contributed by atoms with van der Waals surface area (Å²) in [5, 5.41) is 18.4. The average molecular weight is 292 g/mol. The second kappa shape index (κ2) is 5.99. The number of carbonyl (C=O) groups excluding carboxylic acids is 1. The van der Waals surface area contributed by atoms with Gasteiger partial charge in [-0.15, -0.1) is 0 Å². The first kappa shape index (κ1) is 14.4. The number of aromatic nitrogens is 2. The third-order valence-corrected chi connectivity index (χ3v) is 2.49. The van der Waals surface area contributed by atoms with E-state index in [1.165, 1.54) is 25.3 Å². The molecule has 9 nitrogen and oxygen atoms in total. The van der Waals surface area contributed by atoms with Crippen LogP contribution in [0.2, 0.25) is 0 Å². The van der Waals surface area contributed by atoms with Crippen LogP contribution in [0, 0.1) is 10.1 Å². The molecule has 9 heteroatoms. The van der Waals surface area contributed by atoms with Gasteiger partial charge in [0.15, 0.2) is 5.76 Å². The molecule has 21 heavy (non-hydrogen) atoms. The monoisotopic (exact) mass is 292 g/mol. The zero-order chi connectivity index (χ0) is 15.4. The Bertz CT molecular complexity index is 700. The molecular formula is C12H12N4O5. The van der Waals surface area contributed by atoms with Crippen molar-refractivity contribution < 1.29 is 19.0 Å². The quantitative estimate of drug-likeness (QED) is 0.360. The molecule has 0 atom stereocenters. The molecule has 0 N–H and O–H groups in total. The molecule has 2 aromatic heterocycles. The van der Waals surface area contributed by atoms with Crippen LogP contribution in [0.3, 0.4) is 0 Å². The molecule has 0 bridgehead atoms. The van der Waals surface area contributed by atoms with Crippen molar-refractivity contribution >= 4 is 18.1 Å². The van der Waals surface area contributed by atoms with Crippen LogP contribution in [0.15, 0.2) is 27.9 Å². The van der Waals surface area contributed by atoms with Crippen molar-refractivity contribution in [3.05, 3.63) is 34.0 Å². The predicted molar refractivity (Wildman–Crippen MR) is 71.6 cm³/mol. The molecule has 110 valence electrons. The van der Waals surface area contributed by atoms with Crippen molar-refractivity contribution in [2.45, 2.75) is 20.4 Å². The summed E-state index contributed by atoms with van der Waals surface area (Å²) < 4.78 is 6.72. The Hall–Kier alpha value is -2.97. The Morgan fingerprint density at radius 3 is 2.95 bits per heavy atom. The van der Waals surface area contributed by atoms with Gasteiger partial charge in [0.05, 0.1) is 12.3 Å². The molecule has 0 saturated carbocycles. The fraction of sp³-hybridized carbons (Fsp3) is 0.250. The first-order valence-corrected chi connectivity index (χ1v) is 6.04. The van der Waals surface area contributed by atoms with Gasteiger partial charge in [-0.3, -0.25) is 14.8 Å². The average Bonchev–Trinajstić information content (AvgIpc) is 3.03. The summed E-state index contributed by atoms with van der Waals surface area (Å²) >= 11 is 0. The van der Waals surface area contributed by atoms with Gasteiger partial charge in [0, 0.05) is 25.2 Å². The van der Waals surface area contributed by atoms with Crippen LogP contribution in [-0.2, 0) is 16.2 Å². The van der Waals surface area contributed by atoms with Gasteiger partial charge in [-0.2, -0.15) is 5.10 Å². The van der Waals surface area contributed by atoms with Crippen LogP contribution in [-0.4, -0.2) is 26.9 Å². The molecule has 0 unspecified atom stereocenters. The number of aryl methyl sites for hydroxylation is 1. The van der Waals surface area contributed by atoms with Crippen molar-refractivity contribution in [1.29, 1.82) is 0 Å². The van der Waals surface area contributed by atoms with E-state index in [9.17, 15) is 14.9 Å². The fourth-order valence-corrected chi connectivity index (χ4v) is 1.60. The number of hydrogen-bond acceptors (Lipinski definition) is 7. The maximum absolute atomic E-state index is 10.7. The van der Waals surface area contributed by atoms with Gasteiger partial charge in [0.2, 0.25) is 0 Å². The minimum absolute atomic E-state index is 0.234. The summed E-state index contributed by atoms with van der Waals surface area (Å²) in [7, 11) is 0.